The molecule has 2 unspecified atom stereocenters. The summed E-state index contributed by atoms with van der Waals surface area (Å²) in [5.74, 6) is 0.706. The first-order valence-electron chi connectivity index (χ1n) is 4.63. The largest absolute Gasteiger partial charge is 0.381 e. The van der Waals surface area contributed by atoms with E-state index >= 15 is 0 Å². The molecule has 1 aliphatic rings. The number of nitrogens with zero attached hydrogens (tertiary/aromatic N) is 1. The van der Waals surface area contributed by atoms with Crippen molar-refractivity contribution in [3.8, 4) is 0 Å². The van der Waals surface area contributed by atoms with E-state index in [1.54, 1.807) is 0 Å². The zero-order chi connectivity index (χ0) is 8.97. The smallest absolute Gasteiger partial charge is 0.0510 e. The molecule has 0 amide bonds. The summed E-state index contributed by atoms with van der Waals surface area (Å²) in [6.45, 7) is 2.97. The molecule has 0 saturated carbocycles. The number of ether oxygens (including phenoxy) is 1. The Labute approximate surface area is 75.1 Å². The van der Waals surface area contributed by atoms with Crippen LogP contribution in [0.25, 0.3) is 0 Å². The summed E-state index contributed by atoms with van der Waals surface area (Å²) in [6.07, 6.45) is 1.21. The summed E-state index contributed by atoms with van der Waals surface area (Å²) >= 11 is 0. The van der Waals surface area contributed by atoms with Crippen molar-refractivity contribution in [2.45, 2.75) is 12.5 Å². The highest BCUT2D eigenvalue weighted by molar-refractivity contribution is 4.79. The number of hydrogen-bond donors (Lipinski definition) is 1. The fraction of sp³-hybridized carbons (Fsp3) is 1.00. The van der Waals surface area contributed by atoms with Crippen molar-refractivity contribution in [1.82, 2.24) is 10.2 Å². The van der Waals surface area contributed by atoms with Gasteiger partial charge in [-0.05, 0) is 27.6 Å². The van der Waals surface area contributed by atoms with Gasteiger partial charge in [-0.15, -0.1) is 0 Å². The second-order valence-electron chi connectivity index (χ2n) is 3.78. The Kier molecular flexibility index (Phi) is 3.98. The maximum absolute atomic E-state index is 5.36. The minimum absolute atomic E-state index is 0.586. The molecule has 1 rings (SSSR count). The SMILES string of the molecule is CNC(CN(C)C)C1CCOC1. The molecule has 0 aliphatic carbocycles. The highest BCUT2D eigenvalue weighted by Gasteiger charge is 2.24. The predicted molar refractivity (Wildman–Crippen MR) is 50.3 cm³/mol. The lowest BCUT2D eigenvalue weighted by atomic mass is 9.99. The summed E-state index contributed by atoms with van der Waals surface area (Å²) in [5.41, 5.74) is 0. The average Bonchev–Trinajstić information content (AvgIpc) is 2.51. The summed E-state index contributed by atoms with van der Waals surface area (Å²) in [4.78, 5) is 2.22. The van der Waals surface area contributed by atoms with Gasteiger partial charge in [-0.1, -0.05) is 0 Å². The first-order valence-corrected chi connectivity index (χ1v) is 4.63. The van der Waals surface area contributed by atoms with E-state index in [1.165, 1.54) is 6.42 Å². The third-order valence-electron chi connectivity index (χ3n) is 2.47. The van der Waals surface area contributed by atoms with Gasteiger partial charge < -0.3 is 15.0 Å². The minimum Gasteiger partial charge on any atom is -0.381 e. The van der Waals surface area contributed by atoms with Gasteiger partial charge in [-0.25, -0.2) is 0 Å². The van der Waals surface area contributed by atoms with Crippen LogP contribution in [-0.2, 0) is 4.74 Å². The van der Waals surface area contributed by atoms with Crippen molar-refractivity contribution >= 4 is 0 Å². The van der Waals surface area contributed by atoms with Gasteiger partial charge >= 0.3 is 0 Å². The van der Waals surface area contributed by atoms with Crippen LogP contribution in [0, 0.1) is 5.92 Å². The van der Waals surface area contributed by atoms with E-state index in [4.69, 9.17) is 4.74 Å². The predicted octanol–water partition coefficient (Wildman–Crippen LogP) is 0.173. The van der Waals surface area contributed by atoms with Crippen molar-refractivity contribution in [2.75, 3.05) is 40.9 Å². The Morgan fingerprint density at radius 1 is 1.58 bits per heavy atom. The fourth-order valence-corrected chi connectivity index (χ4v) is 1.74. The van der Waals surface area contributed by atoms with Crippen LogP contribution >= 0.6 is 0 Å². The highest BCUT2D eigenvalue weighted by atomic mass is 16.5. The normalized spacial score (nSPS) is 26.5. The number of nitrogens with one attached hydrogen (secondary N) is 1. The fourth-order valence-electron chi connectivity index (χ4n) is 1.74. The van der Waals surface area contributed by atoms with Crippen LogP contribution < -0.4 is 5.32 Å². The molecule has 0 aromatic rings. The van der Waals surface area contributed by atoms with Crippen molar-refractivity contribution in [2.24, 2.45) is 5.92 Å². The van der Waals surface area contributed by atoms with Gasteiger partial charge in [0.15, 0.2) is 0 Å². The van der Waals surface area contributed by atoms with Crippen molar-refractivity contribution < 1.29 is 4.74 Å². The Hall–Kier alpha value is -0.120. The lowest BCUT2D eigenvalue weighted by Gasteiger charge is -2.24. The van der Waals surface area contributed by atoms with E-state index < -0.39 is 0 Å². The van der Waals surface area contributed by atoms with Crippen molar-refractivity contribution in [3.63, 3.8) is 0 Å². The zero-order valence-corrected chi connectivity index (χ0v) is 8.34. The topological polar surface area (TPSA) is 24.5 Å². The number of hydrogen-bond acceptors (Lipinski definition) is 3. The van der Waals surface area contributed by atoms with Gasteiger partial charge in [-0.2, -0.15) is 0 Å². The van der Waals surface area contributed by atoms with Gasteiger partial charge in [-0.3, -0.25) is 0 Å². The summed E-state index contributed by atoms with van der Waals surface area (Å²) in [7, 11) is 6.26. The molecule has 1 fully saturated rings. The maximum atomic E-state index is 5.36. The van der Waals surface area contributed by atoms with E-state index in [0.29, 0.717) is 12.0 Å². The lowest BCUT2D eigenvalue weighted by Crippen LogP contribution is -2.42. The molecule has 1 aliphatic heterocycles. The molecule has 0 radical (unpaired) electrons. The van der Waals surface area contributed by atoms with Gasteiger partial charge in [0.25, 0.3) is 0 Å². The van der Waals surface area contributed by atoms with Crippen LogP contribution in [0.5, 0.6) is 0 Å². The Morgan fingerprint density at radius 3 is 2.75 bits per heavy atom. The summed E-state index contributed by atoms with van der Waals surface area (Å²) in [6, 6.07) is 0.586. The second-order valence-corrected chi connectivity index (χ2v) is 3.78. The second kappa shape index (κ2) is 4.80. The Bertz CT molecular complexity index is 122. The zero-order valence-electron chi connectivity index (χ0n) is 8.34. The van der Waals surface area contributed by atoms with Crippen molar-refractivity contribution in [1.29, 1.82) is 0 Å². The molecular weight excluding hydrogens is 152 g/mol. The first kappa shape index (κ1) is 9.96. The van der Waals surface area contributed by atoms with E-state index in [-0.39, 0.29) is 0 Å². The molecule has 3 nitrogen and oxygen atoms in total. The molecule has 72 valence electrons. The first-order chi connectivity index (χ1) is 5.74. The van der Waals surface area contributed by atoms with Crippen LogP contribution in [-0.4, -0.2) is 51.8 Å². The van der Waals surface area contributed by atoms with E-state index in [9.17, 15) is 0 Å². The average molecular weight is 172 g/mol. The molecule has 0 aromatic heterocycles. The van der Waals surface area contributed by atoms with Gasteiger partial charge in [0, 0.05) is 25.1 Å². The molecule has 2 atom stereocenters. The molecule has 12 heavy (non-hydrogen) atoms. The van der Waals surface area contributed by atoms with Gasteiger partial charge in [0.1, 0.15) is 0 Å². The Morgan fingerprint density at radius 2 is 2.33 bits per heavy atom. The molecule has 1 heterocycles. The molecule has 1 saturated heterocycles. The number of rotatable bonds is 4. The quantitative estimate of drug-likeness (QED) is 0.654. The van der Waals surface area contributed by atoms with Crippen LogP contribution in [0.1, 0.15) is 6.42 Å². The molecule has 0 aromatic carbocycles. The van der Waals surface area contributed by atoms with E-state index in [2.05, 4.69) is 24.3 Å². The van der Waals surface area contributed by atoms with Crippen LogP contribution in [0.15, 0.2) is 0 Å². The minimum atomic E-state index is 0.586. The third-order valence-corrected chi connectivity index (χ3v) is 2.47. The third kappa shape index (κ3) is 2.73. The van der Waals surface area contributed by atoms with E-state index in [1.807, 2.05) is 7.05 Å². The summed E-state index contributed by atoms with van der Waals surface area (Å²) < 4.78 is 5.36. The molecule has 1 N–H and O–H groups in total. The number of likely N-dealkylation sites (N-methyl/N-ethyl adjacent to an activating group) is 2. The van der Waals surface area contributed by atoms with Gasteiger partial charge in [0.2, 0.25) is 0 Å². The van der Waals surface area contributed by atoms with Crippen LogP contribution in [0.4, 0.5) is 0 Å². The lowest BCUT2D eigenvalue weighted by molar-refractivity contribution is 0.171. The molecule has 3 heteroatoms. The van der Waals surface area contributed by atoms with E-state index in [0.717, 1.165) is 19.8 Å². The Balaban J connectivity index is 2.32. The molecular formula is C9H20N2O. The van der Waals surface area contributed by atoms with Crippen LogP contribution in [0.3, 0.4) is 0 Å². The maximum Gasteiger partial charge on any atom is 0.0510 e. The van der Waals surface area contributed by atoms with Crippen molar-refractivity contribution in [3.05, 3.63) is 0 Å². The van der Waals surface area contributed by atoms with Gasteiger partial charge in [0.05, 0.1) is 6.61 Å². The molecule has 0 spiro atoms. The highest BCUT2D eigenvalue weighted by Crippen LogP contribution is 2.16. The standard InChI is InChI=1S/C9H20N2O/c1-10-9(6-11(2)3)8-4-5-12-7-8/h8-10H,4-7H2,1-3H3. The monoisotopic (exact) mass is 172 g/mol. The summed E-state index contributed by atoms with van der Waals surface area (Å²) in [5, 5.41) is 3.35. The van der Waals surface area contributed by atoms with Crippen LogP contribution in [0.2, 0.25) is 0 Å². The molecule has 0 bridgehead atoms.